The van der Waals surface area contributed by atoms with Gasteiger partial charge in [0, 0.05) is 12.8 Å². The third-order valence-electron chi connectivity index (χ3n) is 8.06. The van der Waals surface area contributed by atoms with E-state index in [2.05, 4.69) is 56.0 Å². The van der Waals surface area contributed by atoms with Gasteiger partial charge in [-0.3, -0.25) is 14.2 Å². The highest BCUT2D eigenvalue weighted by Crippen LogP contribution is 2.38. The van der Waals surface area contributed by atoms with Gasteiger partial charge in [-0.1, -0.05) is 147 Å². The van der Waals surface area contributed by atoms with Crippen LogP contribution in [0.1, 0.15) is 168 Å². The maximum Gasteiger partial charge on any atom is 0.306 e. The molecule has 0 heterocycles. The topological polar surface area (TPSA) is 139 Å². The minimum absolute atomic E-state index is 0.107. The third-order valence-corrected chi connectivity index (χ3v) is 9.02. The summed E-state index contributed by atoms with van der Waals surface area (Å²) in [6.45, 7) is 3.79. The van der Waals surface area contributed by atoms with Crippen molar-refractivity contribution in [3.05, 3.63) is 36.5 Å². The number of unbranched alkanes of at least 4 members (excludes halogenated alkanes) is 17. The number of esters is 2. The second kappa shape index (κ2) is 36.0. The van der Waals surface area contributed by atoms with E-state index in [0.717, 1.165) is 70.6 Å². The van der Waals surface area contributed by atoms with E-state index in [0.29, 0.717) is 6.42 Å². The van der Waals surface area contributed by atoms with Gasteiger partial charge in [-0.2, -0.15) is 0 Å². The molecule has 0 rings (SSSR count). The molecule has 0 amide bonds. The van der Waals surface area contributed by atoms with Crippen LogP contribution in [-0.2, 0) is 32.7 Å². The van der Waals surface area contributed by atoms with Crippen molar-refractivity contribution < 1.29 is 43.3 Å². The number of phosphoric ester groups is 1. The summed E-state index contributed by atoms with van der Waals surface area (Å²) in [5, 5.41) is 0. The quantitative estimate of drug-likeness (QED) is 0.0293. The fourth-order valence-corrected chi connectivity index (χ4v) is 5.96. The molecule has 0 saturated carbocycles. The number of ether oxygens (including phenoxy) is 2. The number of rotatable bonds is 36. The molecule has 0 aromatic carbocycles. The first-order valence-electron chi connectivity index (χ1n) is 19.5. The van der Waals surface area contributed by atoms with Crippen molar-refractivity contribution in [1.82, 2.24) is 0 Å². The molecule has 0 aromatic rings. The van der Waals surface area contributed by atoms with E-state index in [9.17, 15) is 19.0 Å². The largest absolute Gasteiger partial charge is 0.756 e. The van der Waals surface area contributed by atoms with Crippen molar-refractivity contribution in [1.29, 1.82) is 0 Å². The summed E-state index contributed by atoms with van der Waals surface area (Å²) in [6.07, 6.45) is 37.3. The van der Waals surface area contributed by atoms with Crippen molar-refractivity contribution in [3.63, 3.8) is 0 Å². The van der Waals surface area contributed by atoms with Gasteiger partial charge >= 0.3 is 11.9 Å². The molecule has 0 fully saturated rings. The fraction of sp³-hybridized carbons (Fsp3) is 0.795. The first-order chi connectivity index (χ1) is 23.8. The Morgan fingerprint density at radius 2 is 1.12 bits per heavy atom. The van der Waals surface area contributed by atoms with Gasteiger partial charge in [0.15, 0.2) is 6.10 Å². The van der Waals surface area contributed by atoms with Crippen LogP contribution < -0.4 is 10.6 Å². The number of quaternary nitrogens is 1. The molecule has 0 bridgehead atoms. The van der Waals surface area contributed by atoms with Crippen molar-refractivity contribution >= 4 is 19.8 Å². The van der Waals surface area contributed by atoms with Crippen molar-refractivity contribution in [2.75, 3.05) is 26.4 Å². The highest BCUT2D eigenvalue weighted by molar-refractivity contribution is 7.45. The van der Waals surface area contributed by atoms with Crippen molar-refractivity contribution in [2.45, 2.75) is 174 Å². The molecule has 286 valence electrons. The van der Waals surface area contributed by atoms with Crippen LogP contribution in [0.3, 0.4) is 0 Å². The first-order valence-corrected chi connectivity index (χ1v) is 21.0. The summed E-state index contributed by atoms with van der Waals surface area (Å²) < 4.78 is 32.4. The lowest BCUT2D eigenvalue weighted by Gasteiger charge is -2.25. The summed E-state index contributed by atoms with van der Waals surface area (Å²) in [4.78, 5) is 36.9. The molecule has 0 radical (unpaired) electrons. The Morgan fingerprint density at radius 1 is 0.633 bits per heavy atom. The van der Waals surface area contributed by atoms with Crippen LogP contribution in [-0.4, -0.2) is 44.4 Å². The zero-order chi connectivity index (χ0) is 36.1. The third kappa shape index (κ3) is 35.8. The lowest BCUT2D eigenvalue weighted by atomic mass is 10.0. The number of hydrogen-bond acceptors (Lipinski definition) is 8. The molecule has 0 aromatic heterocycles. The number of carbonyl (C=O) groups excluding carboxylic acids is 2. The molecule has 0 spiro atoms. The summed E-state index contributed by atoms with van der Waals surface area (Å²) in [6, 6.07) is 0. The van der Waals surface area contributed by atoms with E-state index in [1.165, 1.54) is 64.2 Å². The zero-order valence-corrected chi connectivity index (χ0v) is 32.2. The van der Waals surface area contributed by atoms with Crippen LogP contribution in [0.5, 0.6) is 0 Å². The normalized spacial score (nSPS) is 13.8. The average molecular weight is 714 g/mol. The standard InChI is InChI=1S/C39H72NO8P/c1-3-5-7-9-11-13-15-17-18-20-22-24-26-28-30-32-39(42)48-37(36-47-49(43,44)46-34-33-40)35-45-38(41)31-29-27-25-23-21-19-16-14-12-10-8-6-4-2/h5,7,11,13,17-18,37H,3-4,6,8-10,12,14-16,19-36,40H2,1-2H3,(H,43,44)/b7-5-,13-11-,18-17-. The molecular weight excluding hydrogens is 641 g/mol. The fourth-order valence-electron chi connectivity index (χ4n) is 5.18. The molecular formula is C39H72NO8P. The van der Waals surface area contributed by atoms with Gasteiger partial charge in [0.05, 0.1) is 13.2 Å². The predicted molar refractivity (Wildman–Crippen MR) is 198 cm³/mol. The minimum Gasteiger partial charge on any atom is -0.756 e. The minimum atomic E-state index is -4.58. The number of phosphoric acid groups is 1. The van der Waals surface area contributed by atoms with Gasteiger partial charge in [-0.05, 0) is 44.9 Å². The summed E-state index contributed by atoms with van der Waals surface area (Å²) >= 11 is 0. The number of allylic oxidation sites excluding steroid dienone is 6. The maximum absolute atomic E-state index is 12.5. The van der Waals surface area contributed by atoms with Gasteiger partial charge < -0.3 is 29.1 Å². The second-order valence-electron chi connectivity index (χ2n) is 12.8. The highest BCUT2D eigenvalue weighted by Gasteiger charge is 2.21. The lowest BCUT2D eigenvalue weighted by molar-refractivity contribution is -0.373. The number of carbonyl (C=O) groups is 2. The molecule has 0 aliphatic carbocycles. The Kier molecular flexibility index (Phi) is 34.7. The SMILES string of the molecule is CC/C=C\C/C=C\C/C=C\CCCCCCCC(=O)OC(COC(=O)CCCCCCCCCCCCCCC)COP(=O)([O-])OCC[NH3+]. The van der Waals surface area contributed by atoms with Gasteiger partial charge in [0.25, 0.3) is 7.82 Å². The van der Waals surface area contributed by atoms with E-state index in [4.69, 9.17) is 18.5 Å². The summed E-state index contributed by atoms with van der Waals surface area (Å²) in [5.74, 6) is -0.865. The van der Waals surface area contributed by atoms with Crippen LogP contribution in [0.4, 0.5) is 0 Å². The van der Waals surface area contributed by atoms with Crippen LogP contribution >= 0.6 is 7.82 Å². The van der Waals surface area contributed by atoms with E-state index in [1.54, 1.807) is 0 Å². The van der Waals surface area contributed by atoms with E-state index < -0.39 is 32.5 Å². The van der Waals surface area contributed by atoms with Crippen molar-refractivity contribution in [3.8, 4) is 0 Å². The monoisotopic (exact) mass is 713 g/mol. The Bertz CT molecular complexity index is 907. The van der Waals surface area contributed by atoms with Gasteiger partial charge in [0.2, 0.25) is 0 Å². The first kappa shape index (κ1) is 47.2. The Morgan fingerprint density at radius 3 is 1.67 bits per heavy atom. The summed E-state index contributed by atoms with van der Waals surface area (Å²) in [5.41, 5.74) is 3.54. The number of hydrogen-bond donors (Lipinski definition) is 1. The van der Waals surface area contributed by atoms with Crippen molar-refractivity contribution in [2.24, 2.45) is 0 Å². The van der Waals surface area contributed by atoms with Gasteiger partial charge in [-0.25, -0.2) is 0 Å². The van der Waals surface area contributed by atoms with Crippen LogP contribution in [0.25, 0.3) is 0 Å². The Hall–Kier alpha value is -1.77. The van der Waals surface area contributed by atoms with Crippen LogP contribution in [0.2, 0.25) is 0 Å². The van der Waals surface area contributed by atoms with Crippen LogP contribution in [0.15, 0.2) is 36.5 Å². The Labute approximate surface area is 299 Å². The molecule has 2 unspecified atom stereocenters. The molecule has 0 saturated heterocycles. The highest BCUT2D eigenvalue weighted by atomic mass is 31.2. The van der Waals surface area contributed by atoms with Gasteiger partial charge in [0.1, 0.15) is 13.2 Å². The second-order valence-corrected chi connectivity index (χ2v) is 14.2. The molecule has 9 nitrogen and oxygen atoms in total. The molecule has 10 heteroatoms. The maximum atomic E-state index is 12.5. The zero-order valence-electron chi connectivity index (χ0n) is 31.3. The predicted octanol–water partition coefficient (Wildman–Crippen LogP) is 9.26. The lowest BCUT2D eigenvalue weighted by Crippen LogP contribution is -2.52. The molecule has 0 aliphatic heterocycles. The molecule has 0 aliphatic rings. The molecule has 49 heavy (non-hydrogen) atoms. The van der Waals surface area contributed by atoms with E-state index in [-0.39, 0.29) is 32.6 Å². The van der Waals surface area contributed by atoms with E-state index in [1.807, 2.05) is 0 Å². The molecule has 2 atom stereocenters. The smallest absolute Gasteiger partial charge is 0.306 e. The van der Waals surface area contributed by atoms with Gasteiger partial charge in [-0.15, -0.1) is 0 Å². The molecule has 3 N–H and O–H groups in total. The summed E-state index contributed by atoms with van der Waals surface area (Å²) in [7, 11) is -4.58. The Balaban J connectivity index is 4.24. The van der Waals surface area contributed by atoms with Crippen LogP contribution in [0, 0.1) is 0 Å². The average Bonchev–Trinajstić information content (AvgIpc) is 3.08. The van der Waals surface area contributed by atoms with E-state index >= 15 is 0 Å².